The lowest BCUT2D eigenvalue weighted by atomic mass is 9.96. The van der Waals surface area contributed by atoms with E-state index in [0.29, 0.717) is 41.0 Å². The van der Waals surface area contributed by atoms with Gasteiger partial charge in [-0.2, -0.15) is 0 Å². The highest BCUT2D eigenvalue weighted by atomic mass is 79.9. The van der Waals surface area contributed by atoms with Crippen LogP contribution in [0.25, 0.3) is 6.08 Å². The van der Waals surface area contributed by atoms with E-state index in [2.05, 4.69) is 36.9 Å². The van der Waals surface area contributed by atoms with Crippen LogP contribution in [0.1, 0.15) is 50.4 Å². The summed E-state index contributed by atoms with van der Waals surface area (Å²) in [5.74, 6) is 0.695. The number of halogens is 2. The summed E-state index contributed by atoms with van der Waals surface area (Å²) in [6, 6.07) is 16.4. The smallest absolute Gasteiger partial charge is 0.338 e. The molecule has 46 heavy (non-hydrogen) atoms. The van der Waals surface area contributed by atoms with Crippen molar-refractivity contribution in [1.29, 1.82) is 0 Å². The van der Waals surface area contributed by atoms with Gasteiger partial charge in [0.05, 0.1) is 48.4 Å². The van der Waals surface area contributed by atoms with Crippen molar-refractivity contribution >= 4 is 60.9 Å². The predicted molar refractivity (Wildman–Crippen MR) is 182 cm³/mol. The third-order valence-corrected chi connectivity index (χ3v) is 9.09. The Balaban J connectivity index is 1.51. The van der Waals surface area contributed by atoms with Gasteiger partial charge in [0.25, 0.3) is 11.2 Å². The van der Waals surface area contributed by atoms with Crippen molar-refractivity contribution in [2.45, 2.75) is 46.4 Å². The van der Waals surface area contributed by atoms with Crippen molar-refractivity contribution in [3.8, 4) is 11.5 Å². The number of thiazole rings is 1. The number of rotatable bonds is 10. The second-order valence-electron chi connectivity index (χ2n) is 10.6. The van der Waals surface area contributed by atoms with E-state index in [4.69, 9.17) is 14.2 Å². The second-order valence-corrected chi connectivity index (χ2v) is 13.3. The molecule has 2 heterocycles. The van der Waals surface area contributed by atoms with Crippen LogP contribution in [0, 0.1) is 10.1 Å². The molecule has 238 valence electrons. The van der Waals surface area contributed by atoms with Crippen LogP contribution < -0.4 is 24.4 Å². The largest absolute Gasteiger partial charge is 0.491 e. The van der Waals surface area contributed by atoms with Gasteiger partial charge in [-0.05, 0) is 119 Å². The molecule has 3 aromatic carbocycles. The highest BCUT2D eigenvalue weighted by Gasteiger charge is 2.33. The SMILES string of the molecule is CCOC(=O)C1=C(C)N=c2s/c(=C\c3cc(Br)c(OCc4ccc([N+](=O)[O-])cc4)c(Br)c3)c(=O)n2[C@@H]1c1ccc(OC(C)C)cc1. The Morgan fingerprint density at radius 1 is 1.11 bits per heavy atom. The molecular formula is C33H29Br2N3O7S. The summed E-state index contributed by atoms with van der Waals surface area (Å²) in [4.78, 5) is 42.8. The third-order valence-electron chi connectivity index (χ3n) is 6.93. The molecule has 1 atom stereocenters. The molecular weight excluding hydrogens is 742 g/mol. The average molecular weight is 771 g/mol. The summed E-state index contributed by atoms with van der Waals surface area (Å²) in [6.07, 6.45) is 1.76. The van der Waals surface area contributed by atoms with Crippen LogP contribution >= 0.6 is 43.2 Å². The lowest BCUT2D eigenvalue weighted by Gasteiger charge is -2.25. The molecule has 0 saturated heterocycles. The maximum absolute atomic E-state index is 14.0. The quantitative estimate of drug-likeness (QED) is 0.101. The molecule has 0 bridgehead atoms. The van der Waals surface area contributed by atoms with Gasteiger partial charge in [-0.15, -0.1) is 0 Å². The number of nitrogens with zero attached hydrogens (tertiary/aromatic N) is 3. The molecule has 0 spiro atoms. The number of carbonyl (C=O) groups is 1. The number of nitro groups is 1. The number of benzene rings is 3. The van der Waals surface area contributed by atoms with E-state index in [1.54, 1.807) is 36.6 Å². The minimum Gasteiger partial charge on any atom is -0.491 e. The topological polar surface area (TPSA) is 122 Å². The first-order chi connectivity index (χ1) is 22.0. The minimum absolute atomic E-state index is 0.00323. The minimum atomic E-state index is -0.737. The lowest BCUT2D eigenvalue weighted by Crippen LogP contribution is -2.39. The van der Waals surface area contributed by atoms with Crippen molar-refractivity contribution in [2.75, 3.05) is 6.61 Å². The first-order valence-electron chi connectivity index (χ1n) is 14.3. The zero-order chi connectivity index (χ0) is 33.1. The molecule has 0 N–H and O–H groups in total. The molecule has 1 aliphatic rings. The van der Waals surface area contributed by atoms with Gasteiger partial charge in [-0.3, -0.25) is 19.5 Å². The number of allylic oxidation sites excluding steroid dienone is 1. The van der Waals surface area contributed by atoms with Crippen LogP contribution in [0.2, 0.25) is 0 Å². The summed E-state index contributed by atoms with van der Waals surface area (Å²) < 4.78 is 20.4. The van der Waals surface area contributed by atoms with Gasteiger partial charge >= 0.3 is 5.97 Å². The second kappa shape index (κ2) is 14.1. The number of nitro benzene ring substituents is 1. The molecule has 0 fully saturated rings. The van der Waals surface area contributed by atoms with E-state index in [9.17, 15) is 19.7 Å². The Kier molecular flexibility index (Phi) is 10.2. The number of carbonyl (C=O) groups excluding carboxylic acids is 1. The first kappa shape index (κ1) is 33.3. The van der Waals surface area contributed by atoms with Crippen LogP contribution in [0.5, 0.6) is 11.5 Å². The third kappa shape index (κ3) is 7.16. The molecule has 0 saturated carbocycles. The molecule has 5 rings (SSSR count). The standard InChI is InChI=1S/C33H29Br2N3O7S/c1-5-43-32(40)28-19(4)36-33-37(29(28)22-8-12-24(13-9-22)45-18(2)3)31(39)27(46-33)16-21-14-25(34)30(26(35)15-21)44-17-20-6-10-23(11-7-20)38(41)42/h6-16,18,29H,5,17H2,1-4H3/b27-16-/t29-/m1/s1. The van der Waals surface area contributed by atoms with E-state index in [1.807, 2.05) is 50.2 Å². The summed E-state index contributed by atoms with van der Waals surface area (Å²) in [5.41, 5.74) is 2.71. The number of non-ortho nitro benzene ring substituents is 1. The van der Waals surface area contributed by atoms with E-state index >= 15 is 0 Å². The Bertz CT molecular complexity index is 1990. The van der Waals surface area contributed by atoms with Gasteiger partial charge in [0.1, 0.15) is 18.1 Å². The lowest BCUT2D eigenvalue weighted by molar-refractivity contribution is -0.384. The number of ether oxygens (including phenoxy) is 3. The van der Waals surface area contributed by atoms with Gasteiger partial charge in [0.2, 0.25) is 0 Å². The normalized spacial score (nSPS) is 14.6. The van der Waals surface area contributed by atoms with Crippen LogP contribution in [0.4, 0.5) is 5.69 Å². The fourth-order valence-electron chi connectivity index (χ4n) is 4.93. The van der Waals surface area contributed by atoms with Gasteiger partial charge < -0.3 is 14.2 Å². The van der Waals surface area contributed by atoms with Crippen LogP contribution in [0.3, 0.4) is 0 Å². The Morgan fingerprint density at radius 3 is 2.35 bits per heavy atom. The Hall–Kier alpha value is -4.07. The van der Waals surface area contributed by atoms with Crippen LogP contribution in [0.15, 0.2) is 90.7 Å². The molecule has 13 heteroatoms. The molecule has 0 unspecified atom stereocenters. The summed E-state index contributed by atoms with van der Waals surface area (Å²) >= 11 is 8.37. The number of hydrogen-bond donors (Lipinski definition) is 0. The van der Waals surface area contributed by atoms with Gasteiger partial charge in [-0.1, -0.05) is 23.5 Å². The van der Waals surface area contributed by atoms with Crippen molar-refractivity contribution in [3.05, 3.63) is 127 Å². The zero-order valence-corrected chi connectivity index (χ0v) is 29.3. The highest BCUT2D eigenvalue weighted by molar-refractivity contribution is 9.11. The number of aromatic nitrogens is 1. The molecule has 0 radical (unpaired) electrons. The monoisotopic (exact) mass is 769 g/mol. The molecule has 1 aromatic heterocycles. The zero-order valence-electron chi connectivity index (χ0n) is 25.3. The van der Waals surface area contributed by atoms with Crippen molar-refractivity contribution in [2.24, 2.45) is 4.99 Å². The van der Waals surface area contributed by atoms with E-state index in [1.165, 1.54) is 23.5 Å². The molecule has 4 aromatic rings. The summed E-state index contributed by atoms with van der Waals surface area (Å²) in [7, 11) is 0. The van der Waals surface area contributed by atoms with Gasteiger partial charge in [-0.25, -0.2) is 9.79 Å². The maximum Gasteiger partial charge on any atom is 0.338 e. The van der Waals surface area contributed by atoms with Crippen LogP contribution in [-0.4, -0.2) is 28.2 Å². The van der Waals surface area contributed by atoms with Crippen LogP contribution in [-0.2, 0) is 16.1 Å². The number of fused-ring (bicyclic) bond motifs is 1. The molecule has 10 nitrogen and oxygen atoms in total. The van der Waals surface area contributed by atoms with Crippen molar-refractivity contribution in [3.63, 3.8) is 0 Å². The highest BCUT2D eigenvalue weighted by Crippen LogP contribution is 2.36. The van der Waals surface area contributed by atoms with E-state index in [-0.39, 0.29) is 30.6 Å². The average Bonchev–Trinajstić information content (AvgIpc) is 3.30. The maximum atomic E-state index is 14.0. The summed E-state index contributed by atoms with van der Waals surface area (Å²) in [6.45, 7) is 7.74. The molecule has 1 aliphatic heterocycles. The van der Waals surface area contributed by atoms with Crippen molar-refractivity contribution < 1.29 is 23.9 Å². The van der Waals surface area contributed by atoms with E-state index < -0.39 is 16.9 Å². The van der Waals surface area contributed by atoms with Gasteiger partial charge in [0, 0.05) is 12.1 Å². The van der Waals surface area contributed by atoms with Crippen molar-refractivity contribution in [1.82, 2.24) is 4.57 Å². The number of esters is 1. The molecule has 0 aliphatic carbocycles. The Labute approximate surface area is 285 Å². The summed E-state index contributed by atoms with van der Waals surface area (Å²) in [5, 5.41) is 10.9. The number of hydrogen-bond acceptors (Lipinski definition) is 9. The molecule has 0 amide bonds. The first-order valence-corrected chi connectivity index (χ1v) is 16.7. The van der Waals surface area contributed by atoms with E-state index in [0.717, 1.165) is 16.7 Å². The fourth-order valence-corrected chi connectivity index (χ4v) is 7.43. The fraction of sp³-hybridized carbons (Fsp3) is 0.242. The predicted octanol–water partition coefficient (Wildman–Crippen LogP) is 6.60. The van der Waals surface area contributed by atoms with Gasteiger partial charge in [0.15, 0.2) is 4.80 Å². The Morgan fingerprint density at radius 2 is 1.76 bits per heavy atom.